The summed E-state index contributed by atoms with van der Waals surface area (Å²) in [7, 11) is 0. The zero-order chi connectivity index (χ0) is 19.1. The van der Waals surface area contributed by atoms with E-state index in [0.29, 0.717) is 13.2 Å². The molecular formula is C21H20N2O5. The maximum atomic E-state index is 6.18. The molecule has 144 valence electrons. The monoisotopic (exact) mass is 380 g/mol. The van der Waals surface area contributed by atoms with Gasteiger partial charge in [0.25, 0.3) is 6.29 Å². The van der Waals surface area contributed by atoms with E-state index < -0.39 is 0 Å². The van der Waals surface area contributed by atoms with Crippen molar-refractivity contribution in [1.82, 2.24) is 9.55 Å². The molecular weight excluding hydrogens is 360 g/mol. The first-order valence-corrected chi connectivity index (χ1v) is 9.12. The Hall–Kier alpha value is -3.35. The smallest absolute Gasteiger partial charge is 0.257 e. The van der Waals surface area contributed by atoms with Crippen molar-refractivity contribution in [3.63, 3.8) is 0 Å². The van der Waals surface area contributed by atoms with Crippen LogP contribution in [0.2, 0.25) is 0 Å². The Labute approximate surface area is 162 Å². The van der Waals surface area contributed by atoms with E-state index in [1.165, 1.54) is 0 Å². The number of nitrogens with zero attached hydrogens (tertiary/aromatic N) is 2. The highest BCUT2D eigenvalue weighted by Gasteiger charge is 2.21. The number of pyridine rings is 1. The van der Waals surface area contributed by atoms with Gasteiger partial charge in [-0.1, -0.05) is 6.07 Å². The first kappa shape index (κ1) is 16.8. The molecule has 0 fully saturated rings. The Kier molecular flexibility index (Phi) is 4.00. The number of hydrogen-bond acceptors (Lipinski definition) is 6. The summed E-state index contributed by atoms with van der Waals surface area (Å²) in [5.74, 6) is 2.28. The highest BCUT2D eigenvalue weighted by molar-refractivity contribution is 5.86. The average Bonchev–Trinajstić information content (AvgIpc) is 3.44. The van der Waals surface area contributed by atoms with Gasteiger partial charge in [0, 0.05) is 18.0 Å². The Morgan fingerprint density at radius 1 is 1.11 bits per heavy atom. The van der Waals surface area contributed by atoms with Gasteiger partial charge in [0.15, 0.2) is 11.5 Å². The van der Waals surface area contributed by atoms with Crippen LogP contribution in [0.5, 0.6) is 17.2 Å². The van der Waals surface area contributed by atoms with Gasteiger partial charge in [-0.15, -0.1) is 0 Å². The molecule has 0 amide bonds. The molecule has 7 heteroatoms. The molecule has 0 spiro atoms. The SMILES string of the molecule is Cc1c(C)n(CC2OC=CO2)c2c(OCc3ccc4c(c3)OCO4)ccnc12. The summed E-state index contributed by atoms with van der Waals surface area (Å²) >= 11 is 0. The second-order valence-electron chi connectivity index (χ2n) is 6.78. The van der Waals surface area contributed by atoms with E-state index in [1.54, 1.807) is 18.7 Å². The van der Waals surface area contributed by atoms with E-state index in [0.717, 1.165) is 45.1 Å². The highest BCUT2D eigenvalue weighted by Crippen LogP contribution is 2.34. The maximum absolute atomic E-state index is 6.18. The van der Waals surface area contributed by atoms with Gasteiger partial charge in [-0.05, 0) is 37.1 Å². The van der Waals surface area contributed by atoms with Crippen molar-refractivity contribution in [2.75, 3.05) is 6.79 Å². The van der Waals surface area contributed by atoms with Crippen LogP contribution in [-0.2, 0) is 22.6 Å². The van der Waals surface area contributed by atoms with Crippen LogP contribution in [0.15, 0.2) is 43.0 Å². The molecule has 28 heavy (non-hydrogen) atoms. The maximum Gasteiger partial charge on any atom is 0.257 e. The number of aryl methyl sites for hydroxylation is 1. The van der Waals surface area contributed by atoms with E-state index in [9.17, 15) is 0 Å². The second-order valence-corrected chi connectivity index (χ2v) is 6.78. The van der Waals surface area contributed by atoms with Gasteiger partial charge < -0.3 is 28.3 Å². The lowest BCUT2D eigenvalue weighted by atomic mass is 10.2. The third kappa shape index (κ3) is 2.79. The van der Waals surface area contributed by atoms with Crippen LogP contribution in [-0.4, -0.2) is 22.6 Å². The molecule has 3 aromatic rings. The van der Waals surface area contributed by atoms with Crippen LogP contribution < -0.4 is 14.2 Å². The summed E-state index contributed by atoms with van der Waals surface area (Å²) in [4.78, 5) is 4.57. The fraction of sp³-hybridized carbons (Fsp3) is 0.286. The molecule has 0 radical (unpaired) electrons. The number of aromatic nitrogens is 2. The van der Waals surface area contributed by atoms with Crippen molar-refractivity contribution >= 4 is 11.0 Å². The zero-order valence-electron chi connectivity index (χ0n) is 15.7. The Bertz CT molecular complexity index is 1060. The zero-order valence-corrected chi connectivity index (χ0v) is 15.7. The molecule has 0 saturated heterocycles. The summed E-state index contributed by atoms with van der Waals surface area (Å²) in [5, 5.41) is 0. The predicted octanol–water partition coefficient (Wildman–Crippen LogP) is 3.80. The lowest BCUT2D eigenvalue weighted by molar-refractivity contribution is -0.0337. The van der Waals surface area contributed by atoms with E-state index in [4.69, 9.17) is 23.7 Å². The molecule has 0 aliphatic carbocycles. The first-order chi connectivity index (χ1) is 13.7. The minimum atomic E-state index is -0.351. The normalized spacial score (nSPS) is 15.1. The largest absolute Gasteiger partial charge is 0.487 e. The lowest BCUT2D eigenvalue weighted by Crippen LogP contribution is -2.17. The summed E-state index contributed by atoms with van der Waals surface area (Å²) < 4.78 is 30.1. The van der Waals surface area contributed by atoms with E-state index in [2.05, 4.69) is 23.4 Å². The van der Waals surface area contributed by atoms with Gasteiger partial charge in [0.05, 0.1) is 12.1 Å². The minimum Gasteiger partial charge on any atom is -0.487 e. The molecule has 0 unspecified atom stereocenters. The van der Waals surface area contributed by atoms with Crippen molar-refractivity contribution in [1.29, 1.82) is 0 Å². The number of hydrogen-bond donors (Lipinski definition) is 0. The Morgan fingerprint density at radius 3 is 2.79 bits per heavy atom. The van der Waals surface area contributed by atoms with Crippen molar-refractivity contribution in [2.24, 2.45) is 0 Å². The van der Waals surface area contributed by atoms with E-state index in [-0.39, 0.29) is 13.1 Å². The van der Waals surface area contributed by atoms with Crippen molar-refractivity contribution in [3.05, 3.63) is 59.8 Å². The van der Waals surface area contributed by atoms with Gasteiger partial charge in [-0.3, -0.25) is 4.98 Å². The summed E-state index contributed by atoms with van der Waals surface area (Å²) in [5.41, 5.74) is 5.10. The van der Waals surface area contributed by atoms with Gasteiger partial charge in [0.1, 0.15) is 30.4 Å². The minimum absolute atomic E-state index is 0.261. The molecule has 2 aliphatic heterocycles. The van der Waals surface area contributed by atoms with Crippen LogP contribution >= 0.6 is 0 Å². The standard InChI is InChI=1S/C21H20N2O5/c1-13-14(2)23(10-19-24-7-8-25-19)21-17(5-6-22-20(13)21)26-11-15-3-4-16-18(9-15)28-12-27-16/h3-9,19H,10-12H2,1-2H3. The van der Waals surface area contributed by atoms with Crippen LogP contribution in [0.4, 0.5) is 0 Å². The van der Waals surface area contributed by atoms with Crippen LogP contribution in [0.1, 0.15) is 16.8 Å². The fourth-order valence-electron chi connectivity index (χ4n) is 3.56. The molecule has 0 bridgehead atoms. The molecule has 5 rings (SSSR count). The van der Waals surface area contributed by atoms with Gasteiger partial charge >= 0.3 is 0 Å². The number of fused-ring (bicyclic) bond motifs is 2. The van der Waals surface area contributed by atoms with Crippen molar-refractivity contribution in [2.45, 2.75) is 33.3 Å². The molecule has 0 N–H and O–H groups in total. The molecule has 0 saturated carbocycles. The third-order valence-corrected chi connectivity index (χ3v) is 5.14. The lowest BCUT2D eigenvalue weighted by Gasteiger charge is -2.16. The molecule has 0 atom stereocenters. The quantitative estimate of drug-likeness (QED) is 0.671. The van der Waals surface area contributed by atoms with Gasteiger partial charge in [-0.2, -0.15) is 0 Å². The summed E-state index contributed by atoms with van der Waals surface area (Å²) in [6.45, 7) is 5.36. The van der Waals surface area contributed by atoms with Gasteiger partial charge in [0.2, 0.25) is 6.79 Å². The first-order valence-electron chi connectivity index (χ1n) is 9.12. The molecule has 4 heterocycles. The average molecular weight is 380 g/mol. The number of ether oxygens (including phenoxy) is 5. The topological polar surface area (TPSA) is 64.0 Å². The van der Waals surface area contributed by atoms with E-state index >= 15 is 0 Å². The molecule has 2 aliphatic rings. The molecule has 7 nitrogen and oxygen atoms in total. The number of benzene rings is 1. The van der Waals surface area contributed by atoms with Crippen molar-refractivity contribution in [3.8, 4) is 17.2 Å². The third-order valence-electron chi connectivity index (χ3n) is 5.14. The number of rotatable bonds is 5. The fourth-order valence-corrected chi connectivity index (χ4v) is 3.56. The van der Waals surface area contributed by atoms with Crippen molar-refractivity contribution < 1.29 is 23.7 Å². The Balaban J connectivity index is 1.46. The van der Waals surface area contributed by atoms with Crippen LogP contribution in [0.3, 0.4) is 0 Å². The van der Waals surface area contributed by atoms with Crippen LogP contribution in [0, 0.1) is 13.8 Å². The predicted molar refractivity (Wildman–Crippen MR) is 101 cm³/mol. The Morgan fingerprint density at radius 2 is 1.93 bits per heavy atom. The van der Waals surface area contributed by atoms with Crippen LogP contribution in [0.25, 0.3) is 11.0 Å². The highest BCUT2D eigenvalue weighted by atomic mass is 16.7. The van der Waals surface area contributed by atoms with E-state index in [1.807, 2.05) is 24.3 Å². The summed E-state index contributed by atoms with van der Waals surface area (Å²) in [6, 6.07) is 7.72. The van der Waals surface area contributed by atoms with Gasteiger partial charge in [-0.25, -0.2) is 0 Å². The second kappa shape index (κ2) is 6.67. The molecule has 2 aromatic heterocycles. The molecule has 1 aromatic carbocycles. The summed E-state index contributed by atoms with van der Waals surface area (Å²) in [6.07, 6.45) is 4.55.